The Labute approximate surface area is 86.2 Å². The van der Waals surface area contributed by atoms with E-state index >= 15 is 0 Å². The van der Waals surface area contributed by atoms with E-state index in [1.807, 2.05) is 19.9 Å². The minimum absolute atomic E-state index is 0.0142. The van der Waals surface area contributed by atoms with Crippen LogP contribution in [0.5, 0.6) is 0 Å². The van der Waals surface area contributed by atoms with Gasteiger partial charge in [0.15, 0.2) is 0 Å². The van der Waals surface area contributed by atoms with Crippen molar-refractivity contribution >= 4 is 5.91 Å². The molecular formula is C11H20N2O. The first-order valence-electron chi connectivity index (χ1n) is 5.28. The van der Waals surface area contributed by atoms with Gasteiger partial charge in [0.05, 0.1) is 0 Å². The molecule has 0 aromatic rings. The summed E-state index contributed by atoms with van der Waals surface area (Å²) in [6.07, 6.45) is 6.07. The maximum Gasteiger partial charge on any atom is 0.243 e. The van der Waals surface area contributed by atoms with Crippen molar-refractivity contribution in [3.8, 4) is 0 Å². The Morgan fingerprint density at radius 2 is 2.29 bits per heavy atom. The van der Waals surface area contributed by atoms with Crippen molar-refractivity contribution in [3.63, 3.8) is 0 Å². The van der Waals surface area contributed by atoms with E-state index in [4.69, 9.17) is 0 Å². The summed E-state index contributed by atoms with van der Waals surface area (Å²) in [5.74, 6) is 0.0142. The largest absolute Gasteiger partial charge is 0.350 e. The molecule has 1 atom stereocenters. The molecule has 0 aromatic heterocycles. The lowest BCUT2D eigenvalue weighted by Gasteiger charge is -2.14. The normalized spacial score (nSPS) is 23.6. The van der Waals surface area contributed by atoms with Crippen LogP contribution in [-0.2, 0) is 4.79 Å². The molecule has 0 aliphatic carbocycles. The number of likely N-dealkylation sites (N-methyl/N-ethyl adjacent to an activating group) is 1. The first-order chi connectivity index (χ1) is 6.59. The van der Waals surface area contributed by atoms with Crippen LogP contribution in [0.25, 0.3) is 0 Å². The number of amides is 1. The van der Waals surface area contributed by atoms with E-state index < -0.39 is 0 Å². The van der Waals surface area contributed by atoms with Crippen LogP contribution >= 0.6 is 0 Å². The van der Waals surface area contributed by atoms with E-state index in [9.17, 15) is 4.79 Å². The van der Waals surface area contributed by atoms with Gasteiger partial charge in [-0.05, 0) is 40.3 Å². The van der Waals surface area contributed by atoms with Crippen LogP contribution in [0.2, 0.25) is 0 Å². The maximum absolute atomic E-state index is 11.3. The monoisotopic (exact) mass is 196 g/mol. The fourth-order valence-electron chi connectivity index (χ4n) is 1.71. The molecule has 14 heavy (non-hydrogen) atoms. The Morgan fingerprint density at radius 3 is 2.79 bits per heavy atom. The molecule has 1 rings (SSSR count). The number of carbonyl (C=O) groups excluding carboxylic acids is 1. The van der Waals surface area contributed by atoms with Crippen LogP contribution in [0.1, 0.15) is 26.7 Å². The van der Waals surface area contributed by atoms with E-state index in [1.54, 1.807) is 6.08 Å². The average molecular weight is 196 g/mol. The predicted molar refractivity (Wildman–Crippen MR) is 58.1 cm³/mol. The molecule has 1 aliphatic rings. The van der Waals surface area contributed by atoms with Crippen molar-refractivity contribution in [1.29, 1.82) is 0 Å². The quantitative estimate of drug-likeness (QED) is 0.687. The lowest BCUT2D eigenvalue weighted by Crippen LogP contribution is -2.29. The number of hydrogen-bond acceptors (Lipinski definition) is 2. The molecule has 0 saturated carbocycles. The molecule has 3 nitrogen and oxygen atoms in total. The van der Waals surface area contributed by atoms with Gasteiger partial charge in [0.2, 0.25) is 5.91 Å². The Bertz CT molecular complexity index is 223. The van der Waals surface area contributed by atoms with Gasteiger partial charge in [0, 0.05) is 18.2 Å². The smallest absolute Gasteiger partial charge is 0.243 e. The molecule has 80 valence electrons. The third kappa shape index (κ3) is 3.50. The Kier molecular flexibility index (Phi) is 4.14. The minimum Gasteiger partial charge on any atom is -0.350 e. The van der Waals surface area contributed by atoms with Crippen LogP contribution < -0.4 is 5.32 Å². The molecule has 0 bridgehead atoms. The highest BCUT2D eigenvalue weighted by Gasteiger charge is 2.17. The molecule has 1 heterocycles. The number of nitrogens with zero attached hydrogens (tertiary/aromatic N) is 1. The highest BCUT2D eigenvalue weighted by Crippen LogP contribution is 2.15. The first-order valence-corrected chi connectivity index (χ1v) is 5.28. The van der Waals surface area contributed by atoms with Gasteiger partial charge in [-0.2, -0.15) is 0 Å². The van der Waals surface area contributed by atoms with Crippen molar-refractivity contribution < 1.29 is 4.79 Å². The van der Waals surface area contributed by atoms with Crippen LogP contribution in [0.3, 0.4) is 0 Å². The Balaban J connectivity index is 2.35. The molecule has 0 spiro atoms. The second kappa shape index (κ2) is 5.15. The van der Waals surface area contributed by atoms with Crippen molar-refractivity contribution in [1.82, 2.24) is 10.2 Å². The van der Waals surface area contributed by atoms with Gasteiger partial charge >= 0.3 is 0 Å². The second-order valence-electron chi connectivity index (χ2n) is 4.21. The summed E-state index contributed by atoms with van der Waals surface area (Å²) < 4.78 is 0. The summed E-state index contributed by atoms with van der Waals surface area (Å²) in [6.45, 7) is 5.07. The van der Waals surface area contributed by atoms with Crippen LogP contribution in [0, 0.1) is 0 Å². The summed E-state index contributed by atoms with van der Waals surface area (Å²) in [5.41, 5.74) is 0. The summed E-state index contributed by atoms with van der Waals surface area (Å²) in [4.78, 5) is 13.6. The lowest BCUT2D eigenvalue weighted by atomic mass is 10.2. The minimum atomic E-state index is 0.0142. The lowest BCUT2D eigenvalue weighted by molar-refractivity contribution is -0.117. The fourth-order valence-corrected chi connectivity index (χ4v) is 1.71. The predicted octanol–water partition coefficient (Wildman–Crippen LogP) is 1.16. The van der Waals surface area contributed by atoms with Gasteiger partial charge in [0.25, 0.3) is 0 Å². The van der Waals surface area contributed by atoms with E-state index in [1.165, 1.54) is 12.8 Å². The van der Waals surface area contributed by atoms with Gasteiger partial charge < -0.3 is 5.32 Å². The number of likely N-dealkylation sites (tertiary alicyclic amines) is 1. The van der Waals surface area contributed by atoms with Gasteiger partial charge in [-0.15, -0.1) is 0 Å². The van der Waals surface area contributed by atoms with Gasteiger partial charge in [-0.25, -0.2) is 0 Å². The van der Waals surface area contributed by atoms with E-state index in [2.05, 4.69) is 17.3 Å². The standard InChI is InChI=1S/C11H20N2O/c1-9(2)12-11(14)7-6-10-5-4-8-13(10)3/h6-7,9-10H,4-5,8H2,1-3H3,(H,12,14)/b7-6+/t10-/m1/s1. The fraction of sp³-hybridized carbons (Fsp3) is 0.727. The topological polar surface area (TPSA) is 32.3 Å². The molecule has 0 aromatic carbocycles. The molecule has 1 fully saturated rings. The third-order valence-corrected chi connectivity index (χ3v) is 2.48. The first kappa shape index (κ1) is 11.2. The van der Waals surface area contributed by atoms with Gasteiger partial charge in [0.1, 0.15) is 0 Å². The molecule has 1 amide bonds. The summed E-state index contributed by atoms with van der Waals surface area (Å²) in [6, 6.07) is 0.668. The van der Waals surface area contributed by atoms with E-state index in [0.717, 1.165) is 6.54 Å². The SMILES string of the molecule is CC(C)NC(=O)/C=C/[C@H]1CCCN1C. The summed E-state index contributed by atoms with van der Waals surface area (Å²) in [7, 11) is 2.10. The second-order valence-corrected chi connectivity index (χ2v) is 4.21. The Hall–Kier alpha value is -0.830. The van der Waals surface area contributed by atoms with Crippen LogP contribution in [0.15, 0.2) is 12.2 Å². The van der Waals surface area contributed by atoms with Crippen molar-refractivity contribution in [2.24, 2.45) is 0 Å². The van der Waals surface area contributed by atoms with Crippen molar-refractivity contribution in [3.05, 3.63) is 12.2 Å². The molecular weight excluding hydrogens is 176 g/mol. The van der Waals surface area contributed by atoms with Gasteiger partial charge in [-0.1, -0.05) is 6.08 Å². The van der Waals surface area contributed by atoms with Crippen molar-refractivity contribution in [2.45, 2.75) is 38.8 Å². The third-order valence-electron chi connectivity index (χ3n) is 2.48. The van der Waals surface area contributed by atoms with E-state index in [-0.39, 0.29) is 11.9 Å². The molecule has 1 aliphatic heterocycles. The number of rotatable bonds is 3. The molecule has 3 heteroatoms. The number of carbonyl (C=O) groups is 1. The van der Waals surface area contributed by atoms with Crippen molar-refractivity contribution in [2.75, 3.05) is 13.6 Å². The highest BCUT2D eigenvalue weighted by molar-refractivity contribution is 5.87. The maximum atomic E-state index is 11.3. The number of nitrogens with one attached hydrogen (secondary N) is 1. The van der Waals surface area contributed by atoms with Crippen LogP contribution in [-0.4, -0.2) is 36.5 Å². The van der Waals surface area contributed by atoms with E-state index in [0.29, 0.717) is 6.04 Å². The molecule has 0 unspecified atom stereocenters. The average Bonchev–Trinajstić information content (AvgIpc) is 2.46. The van der Waals surface area contributed by atoms with Crippen LogP contribution in [0.4, 0.5) is 0 Å². The zero-order chi connectivity index (χ0) is 10.6. The number of hydrogen-bond donors (Lipinski definition) is 1. The molecule has 1 saturated heterocycles. The zero-order valence-corrected chi connectivity index (χ0v) is 9.29. The van der Waals surface area contributed by atoms with Gasteiger partial charge in [-0.3, -0.25) is 9.69 Å². The highest BCUT2D eigenvalue weighted by atomic mass is 16.1. The summed E-state index contributed by atoms with van der Waals surface area (Å²) >= 11 is 0. The molecule has 0 radical (unpaired) electrons. The molecule has 1 N–H and O–H groups in total. The Morgan fingerprint density at radius 1 is 1.57 bits per heavy atom. The summed E-state index contributed by atoms with van der Waals surface area (Å²) in [5, 5.41) is 2.84. The zero-order valence-electron chi connectivity index (χ0n) is 9.29.